The fraction of sp³-hybridized carbons (Fsp3) is 0.320. The first-order valence-electron chi connectivity index (χ1n) is 11.2. The Hall–Kier alpha value is -3.26. The van der Waals surface area contributed by atoms with E-state index in [-0.39, 0.29) is 12.1 Å². The number of nitriles is 1. The molecule has 2 aromatic carbocycles. The van der Waals surface area contributed by atoms with Gasteiger partial charge in [0, 0.05) is 17.8 Å². The first-order chi connectivity index (χ1) is 16.7. The molecule has 0 bridgehead atoms. The van der Waals surface area contributed by atoms with E-state index in [1.165, 1.54) is 11.3 Å². The summed E-state index contributed by atoms with van der Waals surface area (Å²) in [6, 6.07) is 13.0. The molecular formula is C25H25N3O5S2. The van der Waals surface area contributed by atoms with Crippen molar-refractivity contribution in [1.82, 2.24) is 9.71 Å². The van der Waals surface area contributed by atoms with Crippen LogP contribution >= 0.6 is 11.3 Å². The standard InChI is InChI=1S/C25H25N3O5S2/c1-15(2)33-22-9-6-16(12-17(22)13-26)25-27-14-23(34-25)20-5-3-4-19-18(20)7-8-21(19)28-35(31,32)11-10-24(29)30/h3-6,9,12,14-15,21,28H,7-8,10-11H2,1-2H3,(H,29,30)/t21-/m0/s1. The maximum Gasteiger partial charge on any atom is 0.304 e. The van der Waals surface area contributed by atoms with Crippen molar-refractivity contribution in [1.29, 1.82) is 5.26 Å². The third kappa shape index (κ3) is 5.70. The summed E-state index contributed by atoms with van der Waals surface area (Å²) >= 11 is 1.50. The van der Waals surface area contributed by atoms with Gasteiger partial charge in [0.25, 0.3) is 0 Å². The van der Waals surface area contributed by atoms with E-state index in [0.29, 0.717) is 24.2 Å². The maximum absolute atomic E-state index is 12.3. The van der Waals surface area contributed by atoms with Gasteiger partial charge in [-0.15, -0.1) is 11.3 Å². The van der Waals surface area contributed by atoms with Gasteiger partial charge in [-0.2, -0.15) is 5.26 Å². The monoisotopic (exact) mass is 511 g/mol. The molecule has 35 heavy (non-hydrogen) atoms. The molecule has 0 amide bonds. The Morgan fingerprint density at radius 2 is 2.14 bits per heavy atom. The fourth-order valence-corrected chi connectivity index (χ4v) is 6.35. The van der Waals surface area contributed by atoms with Crippen molar-refractivity contribution in [3.8, 4) is 32.8 Å². The van der Waals surface area contributed by atoms with E-state index >= 15 is 0 Å². The number of carboxylic acid groups (broad SMARTS) is 1. The van der Waals surface area contributed by atoms with Crippen LogP contribution in [0.1, 0.15) is 49.4 Å². The van der Waals surface area contributed by atoms with Crippen LogP contribution in [0, 0.1) is 11.3 Å². The van der Waals surface area contributed by atoms with Gasteiger partial charge < -0.3 is 9.84 Å². The minimum atomic E-state index is -3.71. The molecule has 1 aromatic heterocycles. The normalized spacial score (nSPS) is 15.1. The number of benzene rings is 2. The average Bonchev–Trinajstić information content (AvgIpc) is 3.45. The Morgan fingerprint density at radius 3 is 2.86 bits per heavy atom. The second-order valence-corrected chi connectivity index (χ2v) is 11.5. The molecule has 0 spiro atoms. The zero-order valence-electron chi connectivity index (χ0n) is 19.3. The summed E-state index contributed by atoms with van der Waals surface area (Å²) in [5.74, 6) is -1.05. The lowest BCUT2D eigenvalue weighted by atomic mass is 10.0. The molecule has 4 rings (SSSR count). The predicted molar refractivity (Wildman–Crippen MR) is 134 cm³/mol. The van der Waals surface area contributed by atoms with E-state index in [9.17, 15) is 18.5 Å². The molecule has 3 aromatic rings. The lowest BCUT2D eigenvalue weighted by Crippen LogP contribution is -2.30. The Morgan fingerprint density at radius 1 is 1.34 bits per heavy atom. The van der Waals surface area contributed by atoms with Gasteiger partial charge in [-0.05, 0) is 61.6 Å². The van der Waals surface area contributed by atoms with Crippen LogP contribution in [0.4, 0.5) is 0 Å². The van der Waals surface area contributed by atoms with Crippen molar-refractivity contribution in [2.75, 3.05) is 5.75 Å². The molecule has 1 atom stereocenters. The maximum atomic E-state index is 12.3. The molecule has 0 unspecified atom stereocenters. The van der Waals surface area contributed by atoms with Crippen molar-refractivity contribution < 1.29 is 23.1 Å². The molecule has 1 aliphatic rings. The first kappa shape index (κ1) is 24.9. The number of carboxylic acids is 1. The van der Waals surface area contributed by atoms with Crippen LogP contribution < -0.4 is 9.46 Å². The molecule has 0 saturated carbocycles. The summed E-state index contributed by atoms with van der Waals surface area (Å²) in [5, 5.41) is 19.1. The van der Waals surface area contributed by atoms with Gasteiger partial charge in [-0.25, -0.2) is 18.1 Å². The number of hydrogen-bond acceptors (Lipinski definition) is 7. The fourth-order valence-electron chi connectivity index (χ4n) is 4.14. The molecule has 10 heteroatoms. The van der Waals surface area contributed by atoms with Crippen molar-refractivity contribution in [3.63, 3.8) is 0 Å². The van der Waals surface area contributed by atoms with E-state index in [2.05, 4.69) is 15.8 Å². The Labute approximate surface area is 208 Å². The average molecular weight is 512 g/mol. The van der Waals surface area contributed by atoms with Crippen LogP contribution in [0.15, 0.2) is 42.6 Å². The van der Waals surface area contributed by atoms with Gasteiger partial charge in [-0.1, -0.05) is 18.2 Å². The summed E-state index contributed by atoms with van der Waals surface area (Å²) < 4.78 is 33.0. The van der Waals surface area contributed by atoms with Gasteiger partial charge >= 0.3 is 5.97 Å². The Balaban J connectivity index is 1.59. The van der Waals surface area contributed by atoms with Crippen LogP contribution in [-0.2, 0) is 21.2 Å². The van der Waals surface area contributed by atoms with Gasteiger partial charge in [0.15, 0.2) is 0 Å². The molecule has 8 nitrogen and oxygen atoms in total. The molecule has 0 aliphatic heterocycles. The molecular weight excluding hydrogens is 486 g/mol. The zero-order chi connectivity index (χ0) is 25.2. The number of carbonyl (C=O) groups is 1. The Kier molecular flexibility index (Phi) is 7.21. The lowest BCUT2D eigenvalue weighted by molar-refractivity contribution is -0.136. The number of aliphatic carboxylic acids is 1. The molecule has 1 heterocycles. The summed E-state index contributed by atoms with van der Waals surface area (Å²) in [6.07, 6.45) is 2.63. The summed E-state index contributed by atoms with van der Waals surface area (Å²) in [6.45, 7) is 3.82. The zero-order valence-corrected chi connectivity index (χ0v) is 20.9. The smallest absolute Gasteiger partial charge is 0.304 e. The SMILES string of the molecule is CC(C)Oc1ccc(-c2ncc(-c3cccc4c3CC[C@@H]4NS(=O)(=O)CCC(=O)O)s2)cc1C#N. The van der Waals surface area contributed by atoms with E-state index in [4.69, 9.17) is 9.84 Å². The minimum Gasteiger partial charge on any atom is -0.490 e. The third-order valence-corrected chi connectivity index (χ3v) is 8.12. The molecule has 2 N–H and O–H groups in total. The molecule has 182 valence electrons. The van der Waals surface area contributed by atoms with Crippen molar-refractivity contribution >= 4 is 27.3 Å². The summed E-state index contributed by atoms with van der Waals surface area (Å²) in [4.78, 5) is 16.3. The van der Waals surface area contributed by atoms with Crippen LogP contribution in [0.5, 0.6) is 5.75 Å². The van der Waals surface area contributed by atoms with Crippen LogP contribution in [-0.4, -0.2) is 36.3 Å². The number of hydrogen-bond donors (Lipinski definition) is 2. The highest BCUT2D eigenvalue weighted by Crippen LogP contribution is 2.41. The molecule has 0 fully saturated rings. The second kappa shape index (κ2) is 10.2. The predicted octanol–water partition coefficient (Wildman–Crippen LogP) is 4.52. The summed E-state index contributed by atoms with van der Waals surface area (Å²) in [5.41, 5.74) is 4.24. The highest BCUT2D eigenvalue weighted by atomic mass is 32.2. The van der Waals surface area contributed by atoms with Gasteiger partial charge in [0.2, 0.25) is 10.0 Å². The number of nitrogens with zero attached hydrogens (tertiary/aromatic N) is 2. The molecule has 1 aliphatic carbocycles. The third-order valence-electron chi connectivity index (χ3n) is 5.66. The minimum absolute atomic E-state index is 0.0370. The number of nitrogens with one attached hydrogen (secondary N) is 1. The first-order valence-corrected chi connectivity index (χ1v) is 13.6. The topological polar surface area (TPSA) is 129 Å². The van der Waals surface area contributed by atoms with Crippen LogP contribution in [0.25, 0.3) is 21.0 Å². The van der Waals surface area contributed by atoms with E-state index in [0.717, 1.165) is 32.1 Å². The van der Waals surface area contributed by atoms with Gasteiger partial charge in [0.1, 0.15) is 16.8 Å². The number of thiazole rings is 1. The number of sulfonamides is 1. The largest absolute Gasteiger partial charge is 0.490 e. The van der Waals surface area contributed by atoms with E-state index in [1.807, 2.05) is 38.1 Å². The quantitative estimate of drug-likeness (QED) is 0.432. The molecule has 0 radical (unpaired) electrons. The second-order valence-electron chi connectivity index (χ2n) is 8.56. The lowest BCUT2D eigenvalue weighted by Gasteiger charge is -2.14. The van der Waals surface area contributed by atoms with Crippen molar-refractivity contribution in [2.45, 2.75) is 45.3 Å². The van der Waals surface area contributed by atoms with Crippen LogP contribution in [0.3, 0.4) is 0 Å². The van der Waals surface area contributed by atoms with Crippen LogP contribution in [0.2, 0.25) is 0 Å². The number of aromatic nitrogens is 1. The highest BCUT2D eigenvalue weighted by molar-refractivity contribution is 7.89. The van der Waals surface area contributed by atoms with E-state index < -0.39 is 28.2 Å². The van der Waals surface area contributed by atoms with Gasteiger partial charge in [-0.3, -0.25) is 4.79 Å². The van der Waals surface area contributed by atoms with Gasteiger partial charge in [0.05, 0.1) is 28.7 Å². The molecule has 0 saturated heterocycles. The highest BCUT2D eigenvalue weighted by Gasteiger charge is 2.29. The van der Waals surface area contributed by atoms with Crippen molar-refractivity contribution in [3.05, 3.63) is 59.3 Å². The number of rotatable bonds is 9. The Bertz CT molecular complexity index is 1410. The number of ether oxygens (including phenoxy) is 1. The summed E-state index contributed by atoms with van der Waals surface area (Å²) in [7, 11) is -3.71. The van der Waals surface area contributed by atoms with Crippen molar-refractivity contribution in [2.24, 2.45) is 0 Å². The van der Waals surface area contributed by atoms with E-state index in [1.54, 1.807) is 18.3 Å². The number of fused-ring (bicyclic) bond motifs is 1.